The number of rotatable bonds is 1. The standard InChI is InChI=1S/C12H11ClN/c1-3-9-4-5-11-10(7-9)6-8(2)12(13)14-11/h4-7H,2-3H2,1H3. The van der Waals surface area contributed by atoms with Gasteiger partial charge in [0, 0.05) is 5.39 Å². The van der Waals surface area contributed by atoms with Crippen LogP contribution in [0.1, 0.15) is 18.1 Å². The topological polar surface area (TPSA) is 12.9 Å². The summed E-state index contributed by atoms with van der Waals surface area (Å²) >= 11 is 5.89. The largest absolute Gasteiger partial charge is 0.236 e. The molecule has 0 aliphatic heterocycles. The van der Waals surface area contributed by atoms with Crippen molar-refractivity contribution in [1.29, 1.82) is 0 Å². The van der Waals surface area contributed by atoms with E-state index in [-0.39, 0.29) is 0 Å². The van der Waals surface area contributed by atoms with Gasteiger partial charge in [0.2, 0.25) is 0 Å². The Kier molecular flexibility index (Phi) is 2.42. The Morgan fingerprint density at radius 2 is 2.14 bits per heavy atom. The van der Waals surface area contributed by atoms with Crippen LogP contribution in [0.15, 0.2) is 24.3 Å². The van der Waals surface area contributed by atoms with Gasteiger partial charge in [0.05, 0.1) is 5.52 Å². The Balaban J connectivity index is 2.70. The molecule has 0 aliphatic rings. The number of benzene rings is 1. The van der Waals surface area contributed by atoms with Crippen molar-refractivity contribution in [3.05, 3.63) is 47.5 Å². The highest BCUT2D eigenvalue weighted by atomic mass is 35.5. The maximum absolute atomic E-state index is 5.89. The Labute approximate surface area is 88.7 Å². The van der Waals surface area contributed by atoms with Crippen molar-refractivity contribution in [2.24, 2.45) is 0 Å². The lowest BCUT2D eigenvalue weighted by Crippen LogP contribution is -1.86. The average molecular weight is 205 g/mol. The monoisotopic (exact) mass is 204 g/mol. The summed E-state index contributed by atoms with van der Waals surface area (Å²) in [6, 6.07) is 8.19. The molecule has 1 radical (unpaired) electrons. The van der Waals surface area contributed by atoms with Crippen molar-refractivity contribution < 1.29 is 0 Å². The number of hydrogen-bond acceptors (Lipinski definition) is 1. The normalized spacial score (nSPS) is 10.8. The van der Waals surface area contributed by atoms with Gasteiger partial charge in [-0.05, 0) is 42.7 Å². The molecule has 0 spiro atoms. The molecule has 0 N–H and O–H groups in total. The molecule has 0 bridgehead atoms. The molecule has 0 saturated heterocycles. The second-order valence-electron chi connectivity index (χ2n) is 3.32. The lowest BCUT2D eigenvalue weighted by Gasteiger charge is -2.03. The Hall–Kier alpha value is -1.08. The smallest absolute Gasteiger partial charge is 0.132 e. The summed E-state index contributed by atoms with van der Waals surface area (Å²) in [5.41, 5.74) is 3.02. The molecule has 1 nitrogen and oxygen atoms in total. The zero-order valence-corrected chi connectivity index (χ0v) is 8.80. The molecule has 0 aliphatic carbocycles. The van der Waals surface area contributed by atoms with E-state index in [9.17, 15) is 0 Å². The van der Waals surface area contributed by atoms with E-state index in [4.69, 9.17) is 11.6 Å². The fraction of sp³-hybridized carbons (Fsp3) is 0.167. The molecule has 1 aromatic heterocycles. The summed E-state index contributed by atoms with van der Waals surface area (Å²) in [5, 5.41) is 1.60. The van der Waals surface area contributed by atoms with Gasteiger partial charge in [-0.3, -0.25) is 0 Å². The first kappa shape index (κ1) is 9.47. The van der Waals surface area contributed by atoms with Gasteiger partial charge >= 0.3 is 0 Å². The third-order valence-electron chi connectivity index (χ3n) is 2.31. The average Bonchev–Trinajstić information content (AvgIpc) is 2.19. The van der Waals surface area contributed by atoms with Gasteiger partial charge in [-0.15, -0.1) is 0 Å². The van der Waals surface area contributed by atoms with Crippen molar-refractivity contribution >= 4 is 22.5 Å². The Morgan fingerprint density at radius 3 is 2.86 bits per heavy atom. The van der Waals surface area contributed by atoms with Crippen LogP contribution >= 0.6 is 11.6 Å². The molecular weight excluding hydrogens is 194 g/mol. The molecule has 0 fully saturated rings. The van der Waals surface area contributed by atoms with Crippen LogP contribution in [0.4, 0.5) is 0 Å². The first-order valence-corrected chi connectivity index (χ1v) is 4.99. The van der Waals surface area contributed by atoms with Gasteiger partial charge in [0.1, 0.15) is 5.15 Å². The fourth-order valence-electron chi connectivity index (χ4n) is 1.47. The summed E-state index contributed by atoms with van der Waals surface area (Å²) in [6.07, 6.45) is 1.03. The van der Waals surface area contributed by atoms with E-state index in [2.05, 4.69) is 31.0 Å². The van der Waals surface area contributed by atoms with Gasteiger partial charge in [0.15, 0.2) is 0 Å². The first-order chi connectivity index (χ1) is 6.70. The number of aryl methyl sites for hydroxylation is 1. The van der Waals surface area contributed by atoms with Crippen molar-refractivity contribution in [1.82, 2.24) is 4.98 Å². The van der Waals surface area contributed by atoms with Crippen molar-refractivity contribution in [2.45, 2.75) is 13.3 Å². The number of pyridine rings is 1. The van der Waals surface area contributed by atoms with E-state index in [1.807, 2.05) is 12.1 Å². The second-order valence-corrected chi connectivity index (χ2v) is 3.68. The van der Waals surface area contributed by atoms with E-state index >= 15 is 0 Å². The number of nitrogens with zero attached hydrogens (tertiary/aromatic N) is 1. The summed E-state index contributed by atoms with van der Waals surface area (Å²) < 4.78 is 0. The van der Waals surface area contributed by atoms with Crippen LogP contribution in [-0.4, -0.2) is 4.98 Å². The van der Waals surface area contributed by atoms with Gasteiger partial charge < -0.3 is 0 Å². The minimum Gasteiger partial charge on any atom is -0.236 e. The fourth-order valence-corrected chi connectivity index (χ4v) is 1.61. The lowest BCUT2D eigenvalue weighted by molar-refractivity contribution is 1.14. The first-order valence-electron chi connectivity index (χ1n) is 4.62. The molecule has 71 valence electrons. The van der Waals surface area contributed by atoms with Crippen LogP contribution in [0.5, 0.6) is 0 Å². The Bertz CT molecular complexity index is 477. The van der Waals surface area contributed by atoms with Crippen LogP contribution < -0.4 is 0 Å². The highest BCUT2D eigenvalue weighted by molar-refractivity contribution is 6.30. The molecule has 0 saturated carbocycles. The quantitative estimate of drug-likeness (QED) is 0.647. The minimum atomic E-state index is 0.488. The molecule has 14 heavy (non-hydrogen) atoms. The molecule has 2 rings (SSSR count). The molecule has 2 heteroatoms. The van der Waals surface area contributed by atoms with Crippen LogP contribution in [0.3, 0.4) is 0 Å². The third kappa shape index (κ3) is 1.60. The maximum Gasteiger partial charge on any atom is 0.132 e. The number of halogens is 1. The molecule has 1 heterocycles. The molecule has 2 aromatic rings. The van der Waals surface area contributed by atoms with E-state index in [0.717, 1.165) is 22.9 Å². The summed E-state index contributed by atoms with van der Waals surface area (Å²) in [5.74, 6) is 0. The summed E-state index contributed by atoms with van der Waals surface area (Å²) in [4.78, 5) is 4.25. The van der Waals surface area contributed by atoms with Crippen molar-refractivity contribution in [3.8, 4) is 0 Å². The number of hydrogen-bond donors (Lipinski definition) is 0. The zero-order chi connectivity index (χ0) is 10.1. The van der Waals surface area contributed by atoms with Gasteiger partial charge in [0.25, 0.3) is 0 Å². The maximum atomic E-state index is 5.89. The highest BCUT2D eigenvalue weighted by Gasteiger charge is 2.01. The minimum absolute atomic E-state index is 0.488. The SMILES string of the molecule is [CH2]c1cc2cc(CC)ccc2nc1Cl. The lowest BCUT2D eigenvalue weighted by atomic mass is 10.1. The van der Waals surface area contributed by atoms with E-state index in [0.29, 0.717) is 5.15 Å². The van der Waals surface area contributed by atoms with Crippen LogP contribution in [0.25, 0.3) is 10.9 Å². The van der Waals surface area contributed by atoms with Crippen LogP contribution in [0, 0.1) is 6.92 Å². The molecular formula is C12H11ClN. The van der Waals surface area contributed by atoms with Gasteiger partial charge in [-0.25, -0.2) is 4.98 Å². The Morgan fingerprint density at radius 1 is 1.36 bits per heavy atom. The van der Waals surface area contributed by atoms with Crippen molar-refractivity contribution in [2.75, 3.05) is 0 Å². The molecule has 0 amide bonds. The van der Waals surface area contributed by atoms with Crippen LogP contribution in [0.2, 0.25) is 5.15 Å². The zero-order valence-electron chi connectivity index (χ0n) is 8.05. The van der Waals surface area contributed by atoms with E-state index in [1.54, 1.807) is 0 Å². The highest BCUT2D eigenvalue weighted by Crippen LogP contribution is 2.20. The summed E-state index contributed by atoms with van der Waals surface area (Å²) in [7, 11) is 0. The molecule has 1 aromatic carbocycles. The predicted molar refractivity (Wildman–Crippen MR) is 60.6 cm³/mol. The molecule has 0 unspecified atom stereocenters. The second kappa shape index (κ2) is 3.58. The van der Waals surface area contributed by atoms with Crippen LogP contribution in [-0.2, 0) is 6.42 Å². The van der Waals surface area contributed by atoms with E-state index < -0.39 is 0 Å². The van der Waals surface area contributed by atoms with Crippen molar-refractivity contribution in [3.63, 3.8) is 0 Å². The number of fused-ring (bicyclic) bond motifs is 1. The predicted octanol–water partition coefficient (Wildman–Crippen LogP) is 3.63. The van der Waals surface area contributed by atoms with E-state index in [1.165, 1.54) is 5.56 Å². The summed E-state index contributed by atoms with van der Waals surface area (Å²) in [6.45, 7) is 5.97. The van der Waals surface area contributed by atoms with Gasteiger partial charge in [-0.1, -0.05) is 24.6 Å². The third-order valence-corrected chi connectivity index (χ3v) is 2.64. The number of aromatic nitrogens is 1. The van der Waals surface area contributed by atoms with Gasteiger partial charge in [-0.2, -0.15) is 0 Å². The molecule has 0 atom stereocenters.